The molecule has 36 heavy (non-hydrogen) atoms. The van der Waals surface area contributed by atoms with Crippen molar-refractivity contribution in [3.63, 3.8) is 0 Å². The van der Waals surface area contributed by atoms with Gasteiger partial charge in [0.2, 0.25) is 0 Å². The van der Waals surface area contributed by atoms with Crippen molar-refractivity contribution in [3.05, 3.63) is 80.0 Å². The molecule has 0 saturated carbocycles. The molecule has 2 heterocycles. The zero-order chi connectivity index (χ0) is 25.9. The number of para-hydroxylation sites is 1. The number of hydrogen-bond donors (Lipinski definition) is 1. The van der Waals surface area contributed by atoms with E-state index in [2.05, 4.69) is 10.3 Å². The zero-order valence-corrected chi connectivity index (χ0v) is 22.2. The van der Waals surface area contributed by atoms with Crippen LogP contribution in [0.25, 0.3) is 0 Å². The number of carbonyl (C=O) groups excluding carboxylic acids is 2. The van der Waals surface area contributed by atoms with Gasteiger partial charge in [-0.1, -0.05) is 41.4 Å². The number of thiazole rings is 1. The smallest absolute Gasteiger partial charge is 0.271 e. The fraction of sp³-hybridized carbons (Fsp3) is 0.346. The molecule has 0 spiro atoms. The van der Waals surface area contributed by atoms with Crippen LogP contribution in [0.3, 0.4) is 0 Å². The van der Waals surface area contributed by atoms with E-state index in [0.29, 0.717) is 35.1 Å². The van der Waals surface area contributed by atoms with Crippen LogP contribution in [-0.2, 0) is 11.3 Å². The Balaban J connectivity index is 1.30. The number of rotatable bonds is 7. The minimum absolute atomic E-state index is 0.0151. The first-order chi connectivity index (χ1) is 17.1. The second kappa shape index (κ2) is 11.2. The quantitative estimate of drug-likeness (QED) is 0.387. The van der Waals surface area contributed by atoms with Gasteiger partial charge in [0.15, 0.2) is 5.60 Å². The topological polar surface area (TPSA) is 71.5 Å². The predicted molar refractivity (Wildman–Crippen MR) is 139 cm³/mol. The highest BCUT2D eigenvalue weighted by Gasteiger charge is 2.37. The Bertz CT molecular complexity index is 1260. The third-order valence-electron chi connectivity index (χ3n) is 6.04. The van der Waals surface area contributed by atoms with Gasteiger partial charge in [0.1, 0.15) is 17.3 Å². The summed E-state index contributed by atoms with van der Waals surface area (Å²) in [6, 6.07) is 11.4. The maximum absolute atomic E-state index is 13.3. The predicted octanol–water partition coefficient (Wildman–Crippen LogP) is 6.08. The second-order valence-electron chi connectivity index (χ2n) is 9.11. The van der Waals surface area contributed by atoms with Crippen LogP contribution < -0.4 is 10.1 Å². The van der Waals surface area contributed by atoms with Gasteiger partial charge in [-0.25, -0.2) is 9.37 Å². The van der Waals surface area contributed by atoms with Crippen LogP contribution in [0.4, 0.5) is 4.39 Å². The third kappa shape index (κ3) is 6.17. The molecular weight excluding hydrogens is 524 g/mol. The summed E-state index contributed by atoms with van der Waals surface area (Å²) in [6.07, 6.45) is 1.49. The number of hydrogen-bond acceptors (Lipinski definition) is 5. The summed E-state index contributed by atoms with van der Waals surface area (Å²) in [5.74, 6) is -0.252. The molecule has 0 unspecified atom stereocenters. The van der Waals surface area contributed by atoms with Crippen LogP contribution in [0.5, 0.6) is 5.75 Å². The Morgan fingerprint density at radius 1 is 1.17 bits per heavy atom. The van der Waals surface area contributed by atoms with E-state index in [9.17, 15) is 14.0 Å². The molecular formula is C26H26Cl2FN3O3S. The molecule has 0 aliphatic carbocycles. The zero-order valence-electron chi connectivity index (χ0n) is 19.9. The molecule has 1 saturated heterocycles. The van der Waals surface area contributed by atoms with Gasteiger partial charge in [0.05, 0.1) is 15.1 Å². The lowest BCUT2D eigenvalue weighted by atomic mass is 9.96. The van der Waals surface area contributed by atoms with Gasteiger partial charge in [-0.05, 0) is 56.5 Å². The maximum atomic E-state index is 13.3. The van der Waals surface area contributed by atoms with E-state index in [1.165, 1.54) is 23.5 Å². The lowest BCUT2D eigenvalue weighted by Crippen LogP contribution is -2.51. The fourth-order valence-electron chi connectivity index (χ4n) is 4.06. The van der Waals surface area contributed by atoms with Crippen LogP contribution in [-0.4, -0.2) is 40.4 Å². The first-order valence-electron chi connectivity index (χ1n) is 11.5. The molecule has 0 radical (unpaired) electrons. The second-order valence-corrected chi connectivity index (χ2v) is 10.8. The number of nitrogens with one attached hydrogen (secondary N) is 1. The number of likely N-dealkylation sites (tertiary alicyclic amines) is 1. The Morgan fingerprint density at radius 3 is 2.58 bits per heavy atom. The molecule has 6 nitrogen and oxygen atoms in total. The molecule has 1 aromatic heterocycles. The highest BCUT2D eigenvalue weighted by atomic mass is 35.5. The molecule has 1 fully saturated rings. The average Bonchev–Trinajstić information content (AvgIpc) is 3.36. The van der Waals surface area contributed by atoms with Gasteiger partial charge >= 0.3 is 0 Å². The molecule has 4 rings (SSSR count). The number of piperidine rings is 1. The summed E-state index contributed by atoms with van der Waals surface area (Å²) < 4.78 is 19.3. The molecule has 10 heteroatoms. The van der Waals surface area contributed by atoms with Crippen molar-refractivity contribution in [2.24, 2.45) is 0 Å². The van der Waals surface area contributed by atoms with Crippen LogP contribution in [0.2, 0.25) is 10.0 Å². The van der Waals surface area contributed by atoms with Gasteiger partial charge in [0.25, 0.3) is 11.8 Å². The molecule has 3 aromatic rings. The summed E-state index contributed by atoms with van der Waals surface area (Å²) in [5.41, 5.74) is -0.0152. The number of amides is 2. The summed E-state index contributed by atoms with van der Waals surface area (Å²) in [7, 11) is 0. The molecule has 2 aromatic carbocycles. The van der Waals surface area contributed by atoms with Gasteiger partial charge < -0.3 is 15.0 Å². The summed E-state index contributed by atoms with van der Waals surface area (Å²) in [6.45, 7) is 4.86. The highest BCUT2D eigenvalue weighted by Crippen LogP contribution is 2.33. The normalized spacial score (nSPS) is 14.5. The molecule has 2 amide bonds. The average molecular weight is 550 g/mol. The standard InChI is InChI=1S/C26H26Cl2FN3O3S/c1-26(2,35-22-6-4-3-5-18(22)27)25(34)32-11-9-17(10-12-32)24-31-21(15-36-24)23(33)30-14-16-7-8-20(29)19(28)13-16/h3-8,13,15,17H,9-12,14H2,1-2H3,(H,30,33). The first-order valence-corrected chi connectivity index (χ1v) is 13.2. The van der Waals surface area contributed by atoms with E-state index in [0.717, 1.165) is 17.8 Å². The number of nitrogens with zero attached hydrogens (tertiary/aromatic N) is 2. The van der Waals surface area contributed by atoms with Gasteiger partial charge in [0, 0.05) is 30.9 Å². The van der Waals surface area contributed by atoms with E-state index in [-0.39, 0.29) is 29.3 Å². The van der Waals surface area contributed by atoms with Crippen LogP contribution in [0.1, 0.15) is 53.7 Å². The van der Waals surface area contributed by atoms with Crippen molar-refractivity contribution < 1.29 is 18.7 Å². The SMILES string of the molecule is CC(C)(Oc1ccccc1Cl)C(=O)N1CCC(c2nc(C(=O)NCc3ccc(F)c(Cl)c3)cs2)CC1. The van der Waals surface area contributed by atoms with E-state index in [4.69, 9.17) is 27.9 Å². The van der Waals surface area contributed by atoms with E-state index in [1.54, 1.807) is 37.4 Å². The Morgan fingerprint density at radius 2 is 1.89 bits per heavy atom. The van der Waals surface area contributed by atoms with Crippen LogP contribution in [0.15, 0.2) is 47.8 Å². The summed E-state index contributed by atoms with van der Waals surface area (Å²) in [4.78, 5) is 32.1. The number of halogens is 3. The number of aromatic nitrogens is 1. The minimum Gasteiger partial charge on any atom is -0.476 e. The number of carbonyl (C=O) groups is 2. The van der Waals surface area contributed by atoms with Crippen molar-refractivity contribution in [2.45, 2.75) is 44.8 Å². The molecule has 1 N–H and O–H groups in total. The Labute approximate surface area is 223 Å². The minimum atomic E-state index is -1.06. The molecule has 1 aliphatic rings. The largest absolute Gasteiger partial charge is 0.476 e. The van der Waals surface area contributed by atoms with Gasteiger partial charge in [-0.15, -0.1) is 11.3 Å². The van der Waals surface area contributed by atoms with Crippen LogP contribution in [0, 0.1) is 5.82 Å². The monoisotopic (exact) mass is 549 g/mol. The molecule has 0 bridgehead atoms. The molecule has 190 valence electrons. The fourth-order valence-corrected chi connectivity index (χ4v) is 5.41. The lowest BCUT2D eigenvalue weighted by molar-refractivity contribution is -0.146. The maximum Gasteiger partial charge on any atom is 0.271 e. The van der Waals surface area contributed by atoms with Crippen molar-refractivity contribution in [1.29, 1.82) is 0 Å². The Hall–Kier alpha value is -2.68. The van der Waals surface area contributed by atoms with Crippen molar-refractivity contribution in [2.75, 3.05) is 13.1 Å². The van der Waals surface area contributed by atoms with Gasteiger partial charge in [-0.2, -0.15) is 0 Å². The first kappa shape index (κ1) is 26.4. The van der Waals surface area contributed by atoms with Crippen molar-refractivity contribution >= 4 is 46.4 Å². The summed E-state index contributed by atoms with van der Waals surface area (Å²) >= 11 is 13.4. The molecule has 1 aliphatic heterocycles. The lowest BCUT2D eigenvalue weighted by Gasteiger charge is -2.36. The van der Waals surface area contributed by atoms with Crippen molar-refractivity contribution in [1.82, 2.24) is 15.2 Å². The van der Waals surface area contributed by atoms with E-state index >= 15 is 0 Å². The third-order valence-corrected chi connectivity index (χ3v) is 7.65. The van der Waals surface area contributed by atoms with Crippen LogP contribution >= 0.6 is 34.5 Å². The summed E-state index contributed by atoms with van der Waals surface area (Å²) in [5, 5.41) is 5.88. The van der Waals surface area contributed by atoms with Crippen molar-refractivity contribution in [3.8, 4) is 5.75 Å². The highest BCUT2D eigenvalue weighted by molar-refractivity contribution is 7.09. The number of ether oxygens (including phenoxy) is 1. The number of benzene rings is 2. The van der Waals surface area contributed by atoms with Gasteiger partial charge in [-0.3, -0.25) is 9.59 Å². The molecule has 0 atom stereocenters. The Kier molecular flexibility index (Phi) is 8.17. The van der Waals surface area contributed by atoms with E-state index in [1.807, 2.05) is 17.0 Å². The van der Waals surface area contributed by atoms with E-state index < -0.39 is 11.4 Å².